The van der Waals surface area contributed by atoms with Gasteiger partial charge in [-0.3, -0.25) is 4.79 Å². The molecular weight excluding hydrogens is 491 g/mol. The van der Waals surface area contributed by atoms with Crippen LogP contribution in [0.15, 0.2) is 72.9 Å². The Hall–Kier alpha value is -3.27. The number of benzene rings is 3. The molecule has 1 amide bonds. The Bertz CT molecular complexity index is 1540. The molecule has 1 aliphatic heterocycles. The highest BCUT2D eigenvalue weighted by Gasteiger charge is 2.48. The van der Waals surface area contributed by atoms with Crippen molar-refractivity contribution in [2.75, 3.05) is 11.2 Å². The standard InChI is InChI=1S/C25H22ClFN4O3S/c1-15-23(29-35(2,33)34)24(20-5-3-4-6-21(20)26)30(25(15)32)19-11-12-22-16(13-19)14-28-31(22)18-9-7-17(27)8-10-18/h3-15,23-24,29H,1-2H3/t15-,23?,24+/m0/s1. The highest BCUT2D eigenvalue weighted by Crippen LogP contribution is 2.43. The lowest BCUT2D eigenvalue weighted by molar-refractivity contribution is -0.120. The molecule has 1 aliphatic rings. The number of carbonyl (C=O) groups is 1. The minimum atomic E-state index is -3.60. The van der Waals surface area contributed by atoms with Crippen LogP contribution in [0, 0.1) is 11.7 Å². The van der Waals surface area contributed by atoms with Gasteiger partial charge in [-0.1, -0.05) is 36.7 Å². The zero-order valence-electron chi connectivity index (χ0n) is 18.9. The van der Waals surface area contributed by atoms with Crippen molar-refractivity contribution in [2.45, 2.75) is 19.0 Å². The molecule has 1 N–H and O–H groups in total. The second-order valence-electron chi connectivity index (χ2n) is 8.65. The van der Waals surface area contributed by atoms with E-state index in [9.17, 15) is 17.6 Å². The number of sulfonamides is 1. The monoisotopic (exact) mass is 512 g/mol. The minimum Gasteiger partial charge on any atom is -0.303 e. The predicted molar refractivity (Wildman–Crippen MR) is 134 cm³/mol. The van der Waals surface area contributed by atoms with Gasteiger partial charge in [0, 0.05) is 16.1 Å². The molecule has 0 aliphatic carbocycles. The maximum atomic E-state index is 13.5. The number of nitrogens with zero attached hydrogens (tertiary/aromatic N) is 3. The molecule has 180 valence electrons. The first kappa shape index (κ1) is 23.5. The van der Waals surface area contributed by atoms with Crippen LogP contribution in [0.4, 0.5) is 10.1 Å². The molecule has 10 heteroatoms. The van der Waals surface area contributed by atoms with E-state index in [1.165, 1.54) is 12.1 Å². The topological polar surface area (TPSA) is 84.3 Å². The number of halogens is 2. The van der Waals surface area contributed by atoms with Gasteiger partial charge in [-0.05, 0) is 54.1 Å². The van der Waals surface area contributed by atoms with Crippen LogP contribution >= 0.6 is 11.6 Å². The normalized spacial score (nSPS) is 20.6. The summed E-state index contributed by atoms with van der Waals surface area (Å²) in [5.41, 5.74) is 2.72. The molecule has 1 aromatic heterocycles. The van der Waals surface area contributed by atoms with Crippen molar-refractivity contribution in [1.82, 2.24) is 14.5 Å². The first-order valence-corrected chi connectivity index (χ1v) is 13.2. The van der Waals surface area contributed by atoms with Crippen LogP contribution in [0.3, 0.4) is 0 Å². The van der Waals surface area contributed by atoms with Crippen molar-refractivity contribution in [1.29, 1.82) is 0 Å². The van der Waals surface area contributed by atoms with E-state index in [-0.39, 0.29) is 11.7 Å². The lowest BCUT2D eigenvalue weighted by Gasteiger charge is -2.29. The number of amides is 1. The number of carbonyl (C=O) groups excluding carboxylic acids is 1. The Kier molecular flexibility index (Phi) is 5.86. The molecule has 7 nitrogen and oxygen atoms in total. The number of hydrogen-bond donors (Lipinski definition) is 1. The fourth-order valence-electron chi connectivity index (χ4n) is 4.65. The summed E-state index contributed by atoms with van der Waals surface area (Å²) in [6.45, 7) is 1.71. The highest BCUT2D eigenvalue weighted by atomic mass is 35.5. The fraction of sp³-hybridized carbons (Fsp3) is 0.200. The van der Waals surface area contributed by atoms with Gasteiger partial charge in [-0.15, -0.1) is 0 Å². The molecule has 0 bridgehead atoms. The van der Waals surface area contributed by atoms with Crippen LogP contribution < -0.4 is 9.62 Å². The van der Waals surface area contributed by atoms with Gasteiger partial charge in [0.2, 0.25) is 15.9 Å². The summed E-state index contributed by atoms with van der Waals surface area (Å²) in [6.07, 6.45) is 2.75. The quantitative estimate of drug-likeness (QED) is 0.428. The van der Waals surface area contributed by atoms with E-state index < -0.39 is 28.0 Å². The molecule has 1 fully saturated rings. The van der Waals surface area contributed by atoms with Crippen molar-refractivity contribution in [3.63, 3.8) is 0 Å². The summed E-state index contributed by atoms with van der Waals surface area (Å²) in [5.74, 6) is -1.18. The average molecular weight is 513 g/mol. The number of aromatic nitrogens is 2. The second-order valence-corrected chi connectivity index (χ2v) is 10.8. The van der Waals surface area contributed by atoms with E-state index >= 15 is 0 Å². The van der Waals surface area contributed by atoms with Gasteiger partial charge in [-0.25, -0.2) is 22.2 Å². The number of nitrogens with one attached hydrogen (secondary N) is 1. The van der Waals surface area contributed by atoms with Gasteiger partial charge in [0.05, 0.1) is 41.7 Å². The van der Waals surface area contributed by atoms with Gasteiger partial charge >= 0.3 is 0 Å². The van der Waals surface area contributed by atoms with Crippen molar-refractivity contribution in [2.24, 2.45) is 5.92 Å². The van der Waals surface area contributed by atoms with Gasteiger partial charge in [0.15, 0.2) is 0 Å². The van der Waals surface area contributed by atoms with Crippen LogP contribution in [-0.4, -0.2) is 36.4 Å². The molecular formula is C25H22ClFN4O3S. The first-order valence-electron chi connectivity index (χ1n) is 10.9. The zero-order valence-corrected chi connectivity index (χ0v) is 20.5. The van der Waals surface area contributed by atoms with Crippen LogP contribution in [0.5, 0.6) is 0 Å². The van der Waals surface area contributed by atoms with Crippen molar-refractivity contribution in [3.05, 3.63) is 89.3 Å². The van der Waals surface area contributed by atoms with E-state index in [2.05, 4.69) is 9.82 Å². The maximum Gasteiger partial charge on any atom is 0.232 e. The Labute approximate surface area is 207 Å². The molecule has 0 saturated carbocycles. The lowest BCUT2D eigenvalue weighted by atomic mass is 9.95. The third-order valence-corrected chi connectivity index (χ3v) is 7.30. The number of anilines is 1. The molecule has 2 heterocycles. The summed E-state index contributed by atoms with van der Waals surface area (Å²) in [7, 11) is -3.60. The average Bonchev–Trinajstić information content (AvgIpc) is 3.33. The number of fused-ring (bicyclic) bond motifs is 1. The van der Waals surface area contributed by atoms with Gasteiger partial charge < -0.3 is 4.90 Å². The Morgan fingerprint density at radius 2 is 1.71 bits per heavy atom. The fourth-order valence-corrected chi connectivity index (χ4v) is 5.73. The minimum absolute atomic E-state index is 0.221. The molecule has 3 atom stereocenters. The molecule has 5 rings (SSSR count). The smallest absolute Gasteiger partial charge is 0.232 e. The largest absolute Gasteiger partial charge is 0.303 e. The second kappa shape index (κ2) is 8.75. The summed E-state index contributed by atoms with van der Waals surface area (Å²) in [5, 5.41) is 5.64. The summed E-state index contributed by atoms with van der Waals surface area (Å²) in [4.78, 5) is 15.1. The van der Waals surface area contributed by atoms with E-state index in [1.54, 1.807) is 65.2 Å². The number of hydrogen-bond acceptors (Lipinski definition) is 4. The van der Waals surface area contributed by atoms with E-state index in [4.69, 9.17) is 11.6 Å². The van der Waals surface area contributed by atoms with Crippen molar-refractivity contribution >= 4 is 44.1 Å². The highest BCUT2D eigenvalue weighted by molar-refractivity contribution is 7.88. The first-order chi connectivity index (χ1) is 16.6. The Morgan fingerprint density at radius 3 is 2.40 bits per heavy atom. The Balaban J connectivity index is 1.62. The maximum absolute atomic E-state index is 13.5. The van der Waals surface area contributed by atoms with Gasteiger partial charge in [0.25, 0.3) is 0 Å². The van der Waals surface area contributed by atoms with Gasteiger partial charge in [-0.2, -0.15) is 5.10 Å². The molecule has 35 heavy (non-hydrogen) atoms. The van der Waals surface area contributed by atoms with Crippen LogP contribution in [-0.2, 0) is 14.8 Å². The SMILES string of the molecule is C[C@@H]1C(=O)N(c2ccc3c(cnn3-c3ccc(F)cc3)c2)[C@H](c2ccccc2Cl)C1NS(C)(=O)=O. The van der Waals surface area contributed by atoms with Crippen LogP contribution in [0.25, 0.3) is 16.6 Å². The molecule has 4 aromatic rings. The van der Waals surface area contributed by atoms with Gasteiger partial charge in [0.1, 0.15) is 5.82 Å². The molecule has 1 unspecified atom stereocenters. The van der Waals surface area contributed by atoms with E-state index in [1.807, 2.05) is 12.1 Å². The molecule has 0 radical (unpaired) electrons. The molecule has 3 aromatic carbocycles. The summed E-state index contributed by atoms with van der Waals surface area (Å²) in [6, 6.07) is 17.2. The lowest BCUT2D eigenvalue weighted by Crippen LogP contribution is -2.41. The van der Waals surface area contributed by atoms with E-state index in [0.717, 1.165) is 17.2 Å². The van der Waals surface area contributed by atoms with E-state index in [0.29, 0.717) is 22.0 Å². The zero-order chi connectivity index (χ0) is 24.9. The van der Waals surface area contributed by atoms with Crippen LogP contribution in [0.1, 0.15) is 18.5 Å². The molecule has 1 saturated heterocycles. The van der Waals surface area contributed by atoms with Crippen LogP contribution in [0.2, 0.25) is 5.02 Å². The summed E-state index contributed by atoms with van der Waals surface area (Å²) >= 11 is 6.51. The van der Waals surface area contributed by atoms with Crippen molar-refractivity contribution in [3.8, 4) is 5.69 Å². The third kappa shape index (κ3) is 4.31. The Morgan fingerprint density at radius 1 is 1.03 bits per heavy atom. The predicted octanol–water partition coefficient (Wildman–Crippen LogP) is 4.46. The summed E-state index contributed by atoms with van der Waals surface area (Å²) < 4.78 is 42.0. The van der Waals surface area contributed by atoms with Crippen molar-refractivity contribution < 1.29 is 17.6 Å². The molecule has 0 spiro atoms. The third-order valence-electron chi connectivity index (χ3n) is 6.26. The number of rotatable bonds is 5.